The smallest absolute Gasteiger partial charge is 0.248 e. The van der Waals surface area contributed by atoms with Crippen molar-refractivity contribution in [2.24, 2.45) is 0 Å². The van der Waals surface area contributed by atoms with Crippen LogP contribution in [0.1, 0.15) is 52.4 Å². The average Bonchev–Trinajstić information content (AvgIpc) is 2.63. The molecule has 1 fully saturated rings. The van der Waals surface area contributed by atoms with Gasteiger partial charge in [-0.15, -0.1) is 0 Å². The summed E-state index contributed by atoms with van der Waals surface area (Å²) >= 11 is 0. The van der Waals surface area contributed by atoms with Crippen LogP contribution in [0.2, 0.25) is 0 Å². The number of hydrogen-bond acceptors (Lipinski definition) is 4. The van der Waals surface area contributed by atoms with E-state index in [2.05, 4.69) is 0 Å². The van der Waals surface area contributed by atoms with E-state index in [1.807, 2.05) is 13.8 Å². The Morgan fingerprint density at radius 1 is 1.11 bits per heavy atom. The van der Waals surface area contributed by atoms with E-state index >= 15 is 0 Å². The van der Waals surface area contributed by atoms with E-state index in [0.717, 1.165) is 30.6 Å². The maximum absolute atomic E-state index is 12.1. The summed E-state index contributed by atoms with van der Waals surface area (Å²) in [6.07, 6.45) is 3.73. The molecule has 1 saturated heterocycles. The van der Waals surface area contributed by atoms with Crippen molar-refractivity contribution in [3.05, 3.63) is 0 Å². The van der Waals surface area contributed by atoms with Crippen molar-refractivity contribution in [3.8, 4) is 0 Å². The Morgan fingerprint density at radius 3 is 2.32 bits per heavy atom. The molecule has 110 valence electrons. The standard InChI is InChI=1S/C13H23NO4S/c1-3-5-7-9-19(17,18)11-10-12(15)14(13(11)16)8-6-4-2/h11H,3-10H2,1-2H3. The van der Waals surface area contributed by atoms with E-state index in [1.54, 1.807) is 0 Å². The third kappa shape index (κ3) is 4.03. The van der Waals surface area contributed by atoms with Crippen LogP contribution in [0, 0.1) is 0 Å². The number of sulfone groups is 1. The first-order chi connectivity index (χ1) is 8.94. The number of hydrogen-bond donors (Lipinski definition) is 0. The van der Waals surface area contributed by atoms with Crippen LogP contribution in [0.3, 0.4) is 0 Å². The maximum Gasteiger partial charge on any atom is 0.248 e. The summed E-state index contributed by atoms with van der Waals surface area (Å²) in [5, 5.41) is -1.13. The van der Waals surface area contributed by atoms with Gasteiger partial charge in [0.1, 0.15) is 5.25 Å². The second-order valence-corrected chi connectivity index (χ2v) is 7.31. The van der Waals surface area contributed by atoms with E-state index in [9.17, 15) is 18.0 Å². The topological polar surface area (TPSA) is 71.5 Å². The van der Waals surface area contributed by atoms with Gasteiger partial charge in [0.2, 0.25) is 11.8 Å². The Labute approximate surface area is 115 Å². The predicted molar refractivity (Wildman–Crippen MR) is 73.3 cm³/mol. The van der Waals surface area contributed by atoms with Crippen molar-refractivity contribution in [2.75, 3.05) is 12.3 Å². The molecule has 1 unspecified atom stereocenters. The van der Waals surface area contributed by atoms with Gasteiger partial charge in [-0.05, 0) is 12.8 Å². The zero-order chi connectivity index (χ0) is 14.5. The molecule has 1 aliphatic rings. The maximum atomic E-state index is 12.1. The predicted octanol–water partition coefficient (Wildman–Crippen LogP) is 1.52. The lowest BCUT2D eigenvalue weighted by atomic mass is 10.3. The second kappa shape index (κ2) is 7.03. The van der Waals surface area contributed by atoms with E-state index < -0.39 is 21.0 Å². The summed E-state index contributed by atoms with van der Waals surface area (Å²) in [5.74, 6) is -0.857. The third-order valence-corrected chi connectivity index (χ3v) is 5.50. The van der Waals surface area contributed by atoms with Crippen LogP contribution in [0.25, 0.3) is 0 Å². The number of unbranched alkanes of at least 4 members (excludes halogenated alkanes) is 3. The highest BCUT2D eigenvalue weighted by molar-refractivity contribution is 7.92. The van der Waals surface area contributed by atoms with Crippen LogP contribution in [0.15, 0.2) is 0 Å². The number of carbonyl (C=O) groups excluding carboxylic acids is 2. The van der Waals surface area contributed by atoms with Crippen LogP contribution < -0.4 is 0 Å². The minimum Gasteiger partial charge on any atom is -0.281 e. The summed E-state index contributed by atoms with van der Waals surface area (Å²) in [6.45, 7) is 4.29. The highest BCUT2D eigenvalue weighted by atomic mass is 32.2. The lowest BCUT2D eigenvalue weighted by molar-refractivity contribution is -0.138. The normalized spacial score (nSPS) is 20.3. The minimum atomic E-state index is -3.48. The quantitative estimate of drug-likeness (QED) is 0.502. The molecule has 0 aromatic rings. The molecule has 1 aliphatic heterocycles. The first-order valence-corrected chi connectivity index (χ1v) is 8.71. The molecular formula is C13H23NO4S. The van der Waals surface area contributed by atoms with Gasteiger partial charge in [0, 0.05) is 6.54 Å². The van der Waals surface area contributed by atoms with Crippen molar-refractivity contribution in [2.45, 2.75) is 57.6 Å². The average molecular weight is 289 g/mol. The van der Waals surface area contributed by atoms with Gasteiger partial charge in [0.05, 0.1) is 12.2 Å². The Kier molecular flexibility index (Phi) is 5.97. The summed E-state index contributed by atoms with van der Waals surface area (Å²) < 4.78 is 24.2. The summed E-state index contributed by atoms with van der Waals surface area (Å²) in [4.78, 5) is 24.9. The Morgan fingerprint density at radius 2 is 1.74 bits per heavy atom. The van der Waals surface area contributed by atoms with Gasteiger partial charge in [-0.2, -0.15) is 0 Å². The monoisotopic (exact) mass is 289 g/mol. The van der Waals surface area contributed by atoms with Gasteiger partial charge in [0.25, 0.3) is 0 Å². The van der Waals surface area contributed by atoms with Crippen LogP contribution in [-0.4, -0.2) is 42.7 Å². The lowest BCUT2D eigenvalue weighted by Crippen LogP contribution is -2.36. The van der Waals surface area contributed by atoms with E-state index in [4.69, 9.17) is 0 Å². The largest absolute Gasteiger partial charge is 0.281 e. The SMILES string of the molecule is CCCCCS(=O)(=O)C1CC(=O)N(CCCC)C1=O. The van der Waals surface area contributed by atoms with Crippen molar-refractivity contribution in [1.29, 1.82) is 0 Å². The minimum absolute atomic E-state index is 0.00610. The molecule has 1 atom stereocenters. The molecule has 0 radical (unpaired) electrons. The molecule has 6 heteroatoms. The van der Waals surface area contributed by atoms with Gasteiger partial charge in [0.15, 0.2) is 9.84 Å². The molecule has 0 aromatic heterocycles. The summed E-state index contributed by atoms with van der Waals surface area (Å²) in [7, 11) is -3.48. The number of rotatable bonds is 8. The summed E-state index contributed by atoms with van der Waals surface area (Å²) in [5.41, 5.74) is 0. The van der Waals surface area contributed by atoms with Crippen LogP contribution in [-0.2, 0) is 19.4 Å². The molecule has 0 bridgehead atoms. The van der Waals surface area contributed by atoms with Gasteiger partial charge in [-0.25, -0.2) is 8.42 Å². The molecule has 19 heavy (non-hydrogen) atoms. The first-order valence-electron chi connectivity index (χ1n) is 6.99. The van der Waals surface area contributed by atoms with Gasteiger partial charge >= 0.3 is 0 Å². The Hall–Kier alpha value is -0.910. The molecule has 5 nitrogen and oxygen atoms in total. The van der Waals surface area contributed by atoms with E-state index in [1.165, 1.54) is 0 Å². The number of carbonyl (C=O) groups is 2. The molecule has 0 spiro atoms. The second-order valence-electron chi connectivity index (χ2n) is 5.00. The zero-order valence-corrected chi connectivity index (χ0v) is 12.5. The summed E-state index contributed by atoms with van der Waals surface area (Å²) in [6, 6.07) is 0. The Bertz CT molecular complexity index is 430. The highest BCUT2D eigenvalue weighted by Gasteiger charge is 2.45. The zero-order valence-electron chi connectivity index (χ0n) is 11.7. The lowest BCUT2D eigenvalue weighted by Gasteiger charge is -2.14. The number of nitrogens with zero attached hydrogens (tertiary/aromatic N) is 1. The molecule has 1 heterocycles. The van der Waals surface area contributed by atoms with Crippen molar-refractivity contribution in [3.63, 3.8) is 0 Å². The van der Waals surface area contributed by atoms with E-state index in [0.29, 0.717) is 13.0 Å². The number of likely N-dealkylation sites (tertiary alicyclic amines) is 1. The van der Waals surface area contributed by atoms with Crippen molar-refractivity contribution >= 4 is 21.7 Å². The van der Waals surface area contributed by atoms with E-state index in [-0.39, 0.29) is 18.1 Å². The molecule has 2 amide bonds. The van der Waals surface area contributed by atoms with Crippen LogP contribution >= 0.6 is 0 Å². The van der Waals surface area contributed by atoms with Gasteiger partial charge in [-0.1, -0.05) is 33.1 Å². The van der Waals surface area contributed by atoms with Crippen LogP contribution in [0.5, 0.6) is 0 Å². The fourth-order valence-electron chi connectivity index (χ4n) is 2.18. The van der Waals surface area contributed by atoms with Gasteiger partial charge < -0.3 is 0 Å². The molecule has 0 N–H and O–H groups in total. The van der Waals surface area contributed by atoms with Crippen molar-refractivity contribution in [1.82, 2.24) is 4.90 Å². The Balaban J connectivity index is 2.69. The van der Waals surface area contributed by atoms with Crippen LogP contribution in [0.4, 0.5) is 0 Å². The fourth-order valence-corrected chi connectivity index (χ4v) is 3.90. The van der Waals surface area contributed by atoms with Gasteiger partial charge in [-0.3, -0.25) is 14.5 Å². The van der Waals surface area contributed by atoms with Crippen molar-refractivity contribution < 1.29 is 18.0 Å². The first kappa shape index (κ1) is 16.1. The third-order valence-electron chi connectivity index (χ3n) is 3.40. The molecule has 1 rings (SSSR count). The highest BCUT2D eigenvalue weighted by Crippen LogP contribution is 2.22. The fraction of sp³-hybridized carbons (Fsp3) is 0.846. The molecule has 0 saturated carbocycles. The molecule has 0 aromatic carbocycles. The molecule has 0 aliphatic carbocycles. The molecular weight excluding hydrogens is 266 g/mol. The number of imide groups is 1. The number of amides is 2.